The van der Waals surface area contributed by atoms with Crippen LogP contribution in [0.5, 0.6) is 5.88 Å². The molecule has 0 amide bonds. The highest BCUT2D eigenvalue weighted by molar-refractivity contribution is 9.11. The summed E-state index contributed by atoms with van der Waals surface area (Å²) in [4.78, 5) is 7.84. The second-order valence-electron chi connectivity index (χ2n) is 3.29. The number of hydrogen-bond donors (Lipinski definition) is 1. The fourth-order valence-corrected chi connectivity index (χ4v) is 1.78. The molecule has 0 spiro atoms. The van der Waals surface area contributed by atoms with Crippen molar-refractivity contribution in [3.8, 4) is 5.88 Å². The van der Waals surface area contributed by atoms with Crippen LogP contribution in [0.4, 0.5) is 5.82 Å². The summed E-state index contributed by atoms with van der Waals surface area (Å²) in [6, 6.07) is 7.87. The number of nitrogens with two attached hydrogens (primary N) is 1. The van der Waals surface area contributed by atoms with E-state index >= 15 is 0 Å². The number of rotatable bonds is 3. The molecule has 0 aliphatic heterocycles. The van der Waals surface area contributed by atoms with E-state index in [2.05, 4.69) is 41.8 Å². The third-order valence-electron chi connectivity index (χ3n) is 2.07. The van der Waals surface area contributed by atoms with Crippen molar-refractivity contribution >= 4 is 37.7 Å². The second kappa shape index (κ2) is 5.46. The Kier molecular flexibility index (Phi) is 3.96. The average Bonchev–Trinajstić information content (AvgIpc) is 2.33. The Hall–Kier alpha value is -1.14. The van der Waals surface area contributed by atoms with Crippen LogP contribution in [0.15, 0.2) is 39.5 Å². The van der Waals surface area contributed by atoms with Crippen LogP contribution in [0.2, 0.25) is 0 Å². The number of aromatic nitrogens is 2. The van der Waals surface area contributed by atoms with E-state index < -0.39 is 0 Å². The number of nitrogen functional groups attached to an aromatic ring is 1. The number of nitrogens with zero attached hydrogens (tertiary/aromatic N) is 2. The number of ether oxygens (including phenoxy) is 1. The molecule has 0 aliphatic carbocycles. The summed E-state index contributed by atoms with van der Waals surface area (Å²) < 4.78 is 7.17. The van der Waals surface area contributed by atoms with Gasteiger partial charge in [0.05, 0.1) is 0 Å². The Morgan fingerprint density at radius 1 is 1.12 bits per heavy atom. The van der Waals surface area contributed by atoms with Crippen LogP contribution in [0.1, 0.15) is 5.56 Å². The van der Waals surface area contributed by atoms with Gasteiger partial charge in [0, 0.05) is 4.47 Å². The second-order valence-corrected chi connectivity index (χ2v) is 5.00. The fourth-order valence-electron chi connectivity index (χ4n) is 1.20. The van der Waals surface area contributed by atoms with E-state index in [1.54, 1.807) is 0 Å². The molecule has 0 bridgehead atoms. The highest BCUT2D eigenvalue weighted by Gasteiger charge is 2.07. The summed E-state index contributed by atoms with van der Waals surface area (Å²) in [6.45, 7) is 0.433. The van der Waals surface area contributed by atoms with Crippen molar-refractivity contribution < 1.29 is 4.74 Å². The van der Waals surface area contributed by atoms with Gasteiger partial charge in [-0.05, 0) is 33.6 Å². The lowest BCUT2D eigenvalue weighted by atomic mass is 10.2. The summed E-state index contributed by atoms with van der Waals surface area (Å²) in [6.07, 6.45) is 1.37. The molecule has 1 aromatic carbocycles. The van der Waals surface area contributed by atoms with E-state index in [4.69, 9.17) is 10.5 Å². The number of benzene rings is 1. The van der Waals surface area contributed by atoms with Gasteiger partial charge in [0.25, 0.3) is 0 Å². The fraction of sp³-hybridized carbons (Fsp3) is 0.0909. The van der Waals surface area contributed by atoms with Gasteiger partial charge in [-0.3, -0.25) is 0 Å². The number of hydrogen-bond acceptors (Lipinski definition) is 4. The summed E-state index contributed by atoms with van der Waals surface area (Å²) in [7, 11) is 0. The summed E-state index contributed by atoms with van der Waals surface area (Å²) in [5.74, 6) is 0.811. The minimum Gasteiger partial charge on any atom is -0.472 e. The molecule has 2 N–H and O–H groups in total. The lowest BCUT2D eigenvalue weighted by molar-refractivity contribution is 0.291. The Morgan fingerprint density at radius 3 is 2.53 bits per heavy atom. The first kappa shape index (κ1) is 12.3. The predicted octanol–water partition coefficient (Wildman–Crippen LogP) is 3.16. The molecule has 4 nitrogen and oxygen atoms in total. The topological polar surface area (TPSA) is 61.0 Å². The van der Waals surface area contributed by atoms with Crippen molar-refractivity contribution in [1.82, 2.24) is 9.97 Å². The van der Waals surface area contributed by atoms with Crippen molar-refractivity contribution in [1.29, 1.82) is 0 Å². The molecule has 0 unspecified atom stereocenters. The van der Waals surface area contributed by atoms with Crippen LogP contribution in [0.3, 0.4) is 0 Å². The molecular weight excluding hydrogens is 350 g/mol. The molecule has 0 radical (unpaired) electrons. The van der Waals surface area contributed by atoms with E-state index in [0.29, 0.717) is 22.8 Å². The van der Waals surface area contributed by atoms with E-state index in [0.717, 1.165) is 10.0 Å². The molecule has 88 valence electrons. The molecule has 2 rings (SSSR count). The van der Waals surface area contributed by atoms with Gasteiger partial charge in [-0.1, -0.05) is 28.1 Å². The molecule has 0 saturated heterocycles. The van der Waals surface area contributed by atoms with E-state index in [1.807, 2.05) is 24.3 Å². The SMILES string of the molecule is Nc1ncnc(OCc2ccc(Br)cc2)c1Br. The molecule has 1 heterocycles. The molecular formula is C11H9Br2N3O. The third kappa shape index (κ3) is 3.17. The van der Waals surface area contributed by atoms with E-state index in [9.17, 15) is 0 Å². The average molecular weight is 359 g/mol. The number of halogens is 2. The zero-order valence-electron chi connectivity index (χ0n) is 8.73. The van der Waals surface area contributed by atoms with Gasteiger partial charge in [-0.15, -0.1) is 0 Å². The van der Waals surface area contributed by atoms with Gasteiger partial charge in [-0.2, -0.15) is 0 Å². The van der Waals surface area contributed by atoms with Crippen molar-refractivity contribution in [2.24, 2.45) is 0 Å². The Bertz CT molecular complexity index is 517. The van der Waals surface area contributed by atoms with Crippen molar-refractivity contribution in [3.05, 3.63) is 45.1 Å². The molecule has 17 heavy (non-hydrogen) atoms. The predicted molar refractivity (Wildman–Crippen MR) is 72.6 cm³/mol. The highest BCUT2D eigenvalue weighted by atomic mass is 79.9. The highest BCUT2D eigenvalue weighted by Crippen LogP contribution is 2.26. The first-order valence-electron chi connectivity index (χ1n) is 4.80. The van der Waals surface area contributed by atoms with Crippen LogP contribution in [-0.4, -0.2) is 9.97 Å². The lowest BCUT2D eigenvalue weighted by Gasteiger charge is -2.07. The van der Waals surface area contributed by atoms with Crippen molar-refractivity contribution in [2.75, 3.05) is 5.73 Å². The molecule has 0 atom stereocenters. The number of anilines is 1. The van der Waals surface area contributed by atoms with Crippen LogP contribution < -0.4 is 10.5 Å². The summed E-state index contributed by atoms with van der Waals surface area (Å²) in [5, 5.41) is 0. The van der Waals surface area contributed by atoms with Crippen LogP contribution in [-0.2, 0) is 6.61 Å². The first-order chi connectivity index (χ1) is 8.16. The quantitative estimate of drug-likeness (QED) is 0.915. The molecule has 0 fully saturated rings. The van der Waals surface area contributed by atoms with Gasteiger partial charge in [0.15, 0.2) is 0 Å². The maximum Gasteiger partial charge on any atom is 0.233 e. The van der Waals surface area contributed by atoms with Crippen LogP contribution in [0, 0.1) is 0 Å². The van der Waals surface area contributed by atoms with Gasteiger partial charge < -0.3 is 10.5 Å². The Balaban J connectivity index is 2.07. The summed E-state index contributed by atoms with van der Waals surface area (Å²) >= 11 is 6.66. The van der Waals surface area contributed by atoms with Crippen LogP contribution in [0.25, 0.3) is 0 Å². The normalized spacial score (nSPS) is 10.2. The molecule has 2 aromatic rings. The third-order valence-corrected chi connectivity index (χ3v) is 3.35. The zero-order chi connectivity index (χ0) is 12.3. The summed E-state index contributed by atoms with van der Waals surface area (Å²) in [5.41, 5.74) is 6.68. The first-order valence-corrected chi connectivity index (χ1v) is 6.38. The van der Waals surface area contributed by atoms with E-state index in [-0.39, 0.29) is 0 Å². The van der Waals surface area contributed by atoms with Crippen molar-refractivity contribution in [3.63, 3.8) is 0 Å². The van der Waals surface area contributed by atoms with Crippen LogP contribution >= 0.6 is 31.9 Å². The largest absolute Gasteiger partial charge is 0.472 e. The van der Waals surface area contributed by atoms with E-state index in [1.165, 1.54) is 6.33 Å². The van der Waals surface area contributed by atoms with Crippen molar-refractivity contribution in [2.45, 2.75) is 6.61 Å². The van der Waals surface area contributed by atoms with Gasteiger partial charge in [0.2, 0.25) is 5.88 Å². The molecule has 1 aromatic heterocycles. The van der Waals surface area contributed by atoms with Gasteiger partial charge in [-0.25, -0.2) is 9.97 Å². The standard InChI is InChI=1S/C11H9Br2N3O/c12-8-3-1-7(2-4-8)5-17-11-9(13)10(14)15-6-16-11/h1-4,6H,5H2,(H2,14,15,16). The smallest absolute Gasteiger partial charge is 0.233 e. The molecule has 0 saturated carbocycles. The molecule has 6 heteroatoms. The van der Waals surface area contributed by atoms with Gasteiger partial charge >= 0.3 is 0 Å². The Morgan fingerprint density at radius 2 is 1.82 bits per heavy atom. The maximum absolute atomic E-state index is 5.63. The molecule has 0 aliphatic rings. The van der Waals surface area contributed by atoms with Gasteiger partial charge in [0.1, 0.15) is 23.2 Å². The Labute approximate surface area is 115 Å². The monoisotopic (exact) mass is 357 g/mol. The minimum atomic E-state index is 0.366. The minimum absolute atomic E-state index is 0.366. The maximum atomic E-state index is 5.63. The lowest BCUT2D eigenvalue weighted by Crippen LogP contribution is -2.01. The zero-order valence-corrected chi connectivity index (χ0v) is 11.9.